The standard InChI is InChI=1S/C15H17N3/c1-12(2)14-8-6-13(7-9-14)11-17-18-15-5-3-4-10-16-15/h3-12H,1-2H3,(H,16,18). The van der Waals surface area contributed by atoms with E-state index in [0.717, 1.165) is 11.4 Å². The summed E-state index contributed by atoms with van der Waals surface area (Å²) < 4.78 is 0. The van der Waals surface area contributed by atoms with Crippen LogP contribution in [0, 0.1) is 0 Å². The monoisotopic (exact) mass is 239 g/mol. The number of rotatable bonds is 4. The Kier molecular flexibility index (Phi) is 4.07. The van der Waals surface area contributed by atoms with Crippen LogP contribution in [0.2, 0.25) is 0 Å². The van der Waals surface area contributed by atoms with Gasteiger partial charge in [-0.2, -0.15) is 5.10 Å². The van der Waals surface area contributed by atoms with Crippen LogP contribution >= 0.6 is 0 Å². The van der Waals surface area contributed by atoms with E-state index in [1.165, 1.54) is 5.56 Å². The first-order chi connectivity index (χ1) is 8.75. The van der Waals surface area contributed by atoms with Crippen molar-refractivity contribution in [3.8, 4) is 0 Å². The number of benzene rings is 1. The molecular formula is C15H17N3. The zero-order valence-electron chi connectivity index (χ0n) is 10.7. The largest absolute Gasteiger partial charge is 0.261 e. The molecule has 0 fully saturated rings. The molecule has 1 aromatic heterocycles. The van der Waals surface area contributed by atoms with E-state index < -0.39 is 0 Å². The highest BCUT2D eigenvalue weighted by Crippen LogP contribution is 2.13. The third-order valence-corrected chi connectivity index (χ3v) is 2.66. The van der Waals surface area contributed by atoms with Crippen LogP contribution in [-0.2, 0) is 0 Å². The Morgan fingerprint density at radius 1 is 1.11 bits per heavy atom. The highest BCUT2D eigenvalue weighted by molar-refractivity contribution is 5.80. The normalized spacial score (nSPS) is 11.1. The summed E-state index contributed by atoms with van der Waals surface area (Å²) >= 11 is 0. The fraction of sp³-hybridized carbons (Fsp3) is 0.200. The lowest BCUT2D eigenvalue weighted by molar-refractivity contribution is 0.866. The number of hydrogen-bond acceptors (Lipinski definition) is 3. The van der Waals surface area contributed by atoms with Crippen LogP contribution in [0.4, 0.5) is 5.82 Å². The van der Waals surface area contributed by atoms with Gasteiger partial charge in [0.15, 0.2) is 0 Å². The van der Waals surface area contributed by atoms with Crippen molar-refractivity contribution in [1.82, 2.24) is 4.98 Å². The maximum absolute atomic E-state index is 4.15. The van der Waals surface area contributed by atoms with E-state index in [4.69, 9.17) is 0 Å². The molecular weight excluding hydrogens is 222 g/mol. The Bertz CT molecular complexity index is 501. The second kappa shape index (κ2) is 5.96. The molecule has 0 atom stereocenters. The lowest BCUT2D eigenvalue weighted by Crippen LogP contribution is -1.93. The molecule has 18 heavy (non-hydrogen) atoms. The van der Waals surface area contributed by atoms with E-state index in [9.17, 15) is 0 Å². The van der Waals surface area contributed by atoms with Gasteiger partial charge in [0.1, 0.15) is 5.82 Å². The third-order valence-electron chi connectivity index (χ3n) is 2.66. The summed E-state index contributed by atoms with van der Waals surface area (Å²) in [4.78, 5) is 4.12. The molecule has 3 nitrogen and oxygen atoms in total. The van der Waals surface area contributed by atoms with E-state index in [-0.39, 0.29) is 0 Å². The van der Waals surface area contributed by atoms with Gasteiger partial charge < -0.3 is 0 Å². The highest BCUT2D eigenvalue weighted by Gasteiger charge is 1.97. The van der Waals surface area contributed by atoms with E-state index in [1.807, 2.05) is 18.2 Å². The minimum atomic E-state index is 0.558. The van der Waals surface area contributed by atoms with Crippen molar-refractivity contribution in [1.29, 1.82) is 0 Å². The number of nitrogens with zero attached hydrogens (tertiary/aromatic N) is 2. The molecule has 0 radical (unpaired) electrons. The predicted octanol–water partition coefficient (Wildman–Crippen LogP) is 3.65. The molecule has 0 unspecified atom stereocenters. The van der Waals surface area contributed by atoms with E-state index in [0.29, 0.717) is 5.92 Å². The number of hydrazone groups is 1. The average Bonchev–Trinajstić information content (AvgIpc) is 2.40. The van der Waals surface area contributed by atoms with Crippen LogP contribution < -0.4 is 5.43 Å². The molecule has 1 aromatic carbocycles. The second-order valence-electron chi connectivity index (χ2n) is 4.41. The van der Waals surface area contributed by atoms with Gasteiger partial charge in [-0.1, -0.05) is 44.2 Å². The molecule has 0 saturated heterocycles. The van der Waals surface area contributed by atoms with Gasteiger partial charge in [-0.25, -0.2) is 4.98 Å². The number of pyridine rings is 1. The molecule has 0 saturated carbocycles. The summed E-state index contributed by atoms with van der Waals surface area (Å²) in [5.74, 6) is 1.30. The first-order valence-electron chi connectivity index (χ1n) is 6.06. The molecule has 2 aromatic rings. The zero-order valence-corrected chi connectivity index (χ0v) is 10.7. The van der Waals surface area contributed by atoms with Crippen LogP contribution in [-0.4, -0.2) is 11.2 Å². The first kappa shape index (κ1) is 12.3. The maximum atomic E-state index is 4.15. The van der Waals surface area contributed by atoms with Gasteiger partial charge in [0, 0.05) is 6.20 Å². The Morgan fingerprint density at radius 2 is 1.89 bits per heavy atom. The van der Waals surface area contributed by atoms with Crippen molar-refractivity contribution in [2.75, 3.05) is 5.43 Å². The molecule has 2 rings (SSSR count). The molecule has 3 heteroatoms. The minimum Gasteiger partial charge on any atom is -0.261 e. The number of aromatic nitrogens is 1. The van der Waals surface area contributed by atoms with Gasteiger partial charge >= 0.3 is 0 Å². The maximum Gasteiger partial charge on any atom is 0.146 e. The Balaban J connectivity index is 1.97. The van der Waals surface area contributed by atoms with E-state index in [2.05, 4.69) is 53.6 Å². The van der Waals surface area contributed by atoms with Gasteiger partial charge in [0.2, 0.25) is 0 Å². The van der Waals surface area contributed by atoms with Crippen molar-refractivity contribution in [3.63, 3.8) is 0 Å². The Morgan fingerprint density at radius 3 is 2.50 bits per heavy atom. The minimum absolute atomic E-state index is 0.558. The van der Waals surface area contributed by atoms with Crippen molar-refractivity contribution < 1.29 is 0 Å². The number of nitrogens with one attached hydrogen (secondary N) is 1. The fourth-order valence-corrected chi connectivity index (χ4v) is 1.57. The molecule has 0 bridgehead atoms. The summed E-state index contributed by atoms with van der Waals surface area (Å²) in [6.45, 7) is 4.37. The number of anilines is 1. The Hall–Kier alpha value is -2.16. The summed E-state index contributed by atoms with van der Waals surface area (Å²) in [7, 11) is 0. The smallest absolute Gasteiger partial charge is 0.146 e. The summed E-state index contributed by atoms with van der Waals surface area (Å²) in [6.07, 6.45) is 3.52. The second-order valence-corrected chi connectivity index (χ2v) is 4.41. The van der Waals surface area contributed by atoms with Crippen LogP contribution in [0.5, 0.6) is 0 Å². The summed E-state index contributed by atoms with van der Waals surface area (Å²) in [5.41, 5.74) is 5.30. The molecule has 0 amide bonds. The zero-order chi connectivity index (χ0) is 12.8. The quantitative estimate of drug-likeness (QED) is 0.653. The van der Waals surface area contributed by atoms with Crippen LogP contribution in [0.25, 0.3) is 0 Å². The predicted molar refractivity (Wildman–Crippen MR) is 76.0 cm³/mol. The lowest BCUT2D eigenvalue weighted by atomic mass is 10.0. The molecule has 92 valence electrons. The summed E-state index contributed by atoms with van der Waals surface area (Å²) in [6, 6.07) is 14.1. The molecule has 1 N–H and O–H groups in total. The van der Waals surface area contributed by atoms with Crippen LogP contribution in [0.15, 0.2) is 53.8 Å². The summed E-state index contributed by atoms with van der Waals surface area (Å²) in [5, 5.41) is 4.15. The highest BCUT2D eigenvalue weighted by atomic mass is 15.3. The third kappa shape index (κ3) is 3.42. The molecule has 1 heterocycles. The lowest BCUT2D eigenvalue weighted by Gasteiger charge is -2.04. The number of hydrogen-bond donors (Lipinski definition) is 1. The van der Waals surface area contributed by atoms with Crippen LogP contribution in [0.3, 0.4) is 0 Å². The SMILES string of the molecule is CC(C)c1ccc(C=NNc2ccccn2)cc1. The van der Waals surface area contributed by atoms with Crippen molar-refractivity contribution in [2.24, 2.45) is 5.10 Å². The van der Waals surface area contributed by atoms with Gasteiger partial charge in [-0.15, -0.1) is 0 Å². The topological polar surface area (TPSA) is 37.3 Å². The fourth-order valence-electron chi connectivity index (χ4n) is 1.57. The van der Waals surface area contributed by atoms with Crippen LogP contribution in [0.1, 0.15) is 30.9 Å². The average molecular weight is 239 g/mol. The molecule has 0 aliphatic carbocycles. The van der Waals surface area contributed by atoms with Crippen molar-refractivity contribution in [2.45, 2.75) is 19.8 Å². The molecule has 0 spiro atoms. The first-order valence-corrected chi connectivity index (χ1v) is 6.06. The molecule has 0 aliphatic rings. The van der Waals surface area contributed by atoms with Crippen molar-refractivity contribution >= 4 is 12.0 Å². The Labute approximate surface area is 108 Å². The van der Waals surface area contributed by atoms with Crippen molar-refractivity contribution in [3.05, 3.63) is 59.8 Å². The van der Waals surface area contributed by atoms with E-state index in [1.54, 1.807) is 12.4 Å². The molecule has 0 aliphatic heterocycles. The van der Waals surface area contributed by atoms with Gasteiger partial charge in [-0.3, -0.25) is 5.43 Å². The van der Waals surface area contributed by atoms with E-state index >= 15 is 0 Å². The van der Waals surface area contributed by atoms with Gasteiger partial charge in [0.05, 0.1) is 6.21 Å². The van der Waals surface area contributed by atoms with Gasteiger partial charge in [0.25, 0.3) is 0 Å². The van der Waals surface area contributed by atoms with Gasteiger partial charge in [-0.05, 0) is 29.2 Å².